The highest BCUT2D eigenvalue weighted by atomic mass is 35.5. The number of nitrogens with zero attached hydrogens (tertiary/aromatic N) is 4. The minimum atomic E-state index is -0.562. The number of likely N-dealkylation sites (tertiary alicyclic amines) is 1. The summed E-state index contributed by atoms with van der Waals surface area (Å²) in [5, 5.41) is 12.6. The Hall–Kier alpha value is -2.12. The Bertz CT molecular complexity index is 816. The number of hydrogen-bond donors (Lipinski definition) is 1. The maximum Gasteiger partial charge on any atom is 0.263 e. The third kappa shape index (κ3) is 3.80. The van der Waals surface area contributed by atoms with Crippen molar-refractivity contribution in [3.8, 4) is 5.75 Å². The number of halogens is 1. The lowest BCUT2D eigenvalue weighted by Gasteiger charge is -2.33. The van der Waals surface area contributed by atoms with Crippen molar-refractivity contribution in [1.82, 2.24) is 25.0 Å². The molecule has 1 aromatic carbocycles. The molecular formula is C19H24ClN5O2. The second-order valence-corrected chi connectivity index (χ2v) is 7.50. The number of aromatic nitrogens is 3. The number of rotatable bonds is 4. The van der Waals surface area contributed by atoms with Gasteiger partial charge in [-0.1, -0.05) is 23.7 Å². The summed E-state index contributed by atoms with van der Waals surface area (Å²) in [5.74, 6) is 2.98. The molecule has 8 heteroatoms. The topological polar surface area (TPSA) is 72.3 Å². The SMILES string of the molecule is CC(Oc1ccccc1Cl)C(=O)N1CCC(c2nnc3n2CCNC3)CC1. The van der Waals surface area contributed by atoms with Crippen LogP contribution in [0, 0.1) is 0 Å². The second kappa shape index (κ2) is 7.86. The van der Waals surface area contributed by atoms with Crippen molar-refractivity contribution in [3.63, 3.8) is 0 Å². The fourth-order valence-corrected chi connectivity index (χ4v) is 3.99. The molecule has 0 spiro atoms. The van der Waals surface area contributed by atoms with Crippen LogP contribution in [0.4, 0.5) is 0 Å². The fourth-order valence-electron chi connectivity index (χ4n) is 3.81. The van der Waals surface area contributed by atoms with Crippen molar-refractivity contribution in [2.45, 2.75) is 44.9 Å². The zero-order valence-electron chi connectivity index (χ0n) is 15.4. The molecule has 2 aliphatic rings. The highest BCUT2D eigenvalue weighted by Gasteiger charge is 2.31. The molecular weight excluding hydrogens is 366 g/mol. The van der Waals surface area contributed by atoms with Gasteiger partial charge in [-0.15, -0.1) is 10.2 Å². The van der Waals surface area contributed by atoms with Crippen molar-refractivity contribution in [1.29, 1.82) is 0 Å². The first kappa shape index (κ1) is 18.3. The van der Waals surface area contributed by atoms with Crippen molar-refractivity contribution < 1.29 is 9.53 Å². The van der Waals surface area contributed by atoms with E-state index >= 15 is 0 Å². The van der Waals surface area contributed by atoms with Gasteiger partial charge < -0.3 is 19.5 Å². The van der Waals surface area contributed by atoms with E-state index in [1.807, 2.05) is 17.0 Å². The Morgan fingerprint density at radius 3 is 2.81 bits per heavy atom. The predicted octanol–water partition coefficient (Wildman–Crippen LogP) is 2.21. The molecule has 1 unspecified atom stereocenters. The highest BCUT2D eigenvalue weighted by molar-refractivity contribution is 6.32. The van der Waals surface area contributed by atoms with Gasteiger partial charge in [0.05, 0.1) is 11.6 Å². The van der Waals surface area contributed by atoms with Crippen LogP contribution >= 0.6 is 11.6 Å². The van der Waals surface area contributed by atoms with E-state index in [4.69, 9.17) is 16.3 Å². The molecule has 144 valence electrons. The molecule has 27 heavy (non-hydrogen) atoms. The second-order valence-electron chi connectivity index (χ2n) is 7.09. The first-order valence-corrected chi connectivity index (χ1v) is 9.84. The van der Waals surface area contributed by atoms with Crippen LogP contribution in [-0.4, -0.2) is 51.3 Å². The number of ether oxygens (including phenoxy) is 1. The van der Waals surface area contributed by atoms with E-state index in [9.17, 15) is 4.79 Å². The van der Waals surface area contributed by atoms with Crippen LogP contribution in [0.15, 0.2) is 24.3 Å². The molecule has 0 aliphatic carbocycles. The summed E-state index contributed by atoms with van der Waals surface area (Å²) >= 11 is 6.12. The van der Waals surface area contributed by atoms with Crippen molar-refractivity contribution >= 4 is 17.5 Å². The summed E-state index contributed by atoms with van der Waals surface area (Å²) in [6, 6.07) is 7.22. The molecule has 0 bridgehead atoms. The molecule has 4 rings (SSSR count). The third-order valence-corrected chi connectivity index (χ3v) is 5.62. The van der Waals surface area contributed by atoms with Crippen LogP contribution in [0.1, 0.15) is 37.3 Å². The van der Waals surface area contributed by atoms with Gasteiger partial charge in [0.15, 0.2) is 6.10 Å². The zero-order chi connectivity index (χ0) is 18.8. The number of carbonyl (C=O) groups is 1. The molecule has 1 fully saturated rings. The molecule has 1 N–H and O–H groups in total. The molecule has 0 saturated carbocycles. The Balaban J connectivity index is 1.35. The van der Waals surface area contributed by atoms with Crippen LogP contribution < -0.4 is 10.1 Å². The van der Waals surface area contributed by atoms with Crippen LogP contribution in [0.5, 0.6) is 5.75 Å². The number of nitrogens with one attached hydrogen (secondary N) is 1. The number of para-hydroxylation sites is 1. The van der Waals surface area contributed by atoms with Crippen LogP contribution in [0.2, 0.25) is 5.02 Å². The van der Waals surface area contributed by atoms with Gasteiger partial charge in [0.1, 0.15) is 17.4 Å². The average molecular weight is 390 g/mol. The Labute approximate surface area is 163 Å². The Kier molecular flexibility index (Phi) is 5.31. The fraction of sp³-hybridized carbons (Fsp3) is 0.526. The average Bonchev–Trinajstić information content (AvgIpc) is 3.13. The smallest absolute Gasteiger partial charge is 0.263 e. The van der Waals surface area contributed by atoms with E-state index in [0.29, 0.717) is 29.8 Å². The molecule has 1 amide bonds. The number of piperidine rings is 1. The van der Waals surface area contributed by atoms with Gasteiger partial charge in [0.2, 0.25) is 0 Å². The number of hydrogen-bond acceptors (Lipinski definition) is 5. The first-order valence-electron chi connectivity index (χ1n) is 9.46. The lowest BCUT2D eigenvalue weighted by molar-refractivity contribution is -0.139. The minimum Gasteiger partial charge on any atom is -0.479 e. The van der Waals surface area contributed by atoms with E-state index in [2.05, 4.69) is 20.1 Å². The summed E-state index contributed by atoms with van der Waals surface area (Å²) in [6.45, 7) is 5.84. The van der Waals surface area contributed by atoms with Crippen LogP contribution in [0.3, 0.4) is 0 Å². The standard InChI is InChI=1S/C19H24ClN5O2/c1-13(27-16-5-3-2-4-15(16)20)19(26)24-9-6-14(7-10-24)18-23-22-17-12-21-8-11-25(17)18/h2-5,13-14,21H,6-12H2,1H3. The summed E-state index contributed by atoms with van der Waals surface area (Å²) in [5.41, 5.74) is 0. The van der Waals surface area contributed by atoms with Gasteiger partial charge in [-0.3, -0.25) is 4.79 Å². The number of fused-ring (bicyclic) bond motifs is 1. The van der Waals surface area contributed by atoms with Gasteiger partial charge in [-0.05, 0) is 31.9 Å². The largest absolute Gasteiger partial charge is 0.479 e. The van der Waals surface area contributed by atoms with E-state index in [0.717, 1.165) is 44.1 Å². The van der Waals surface area contributed by atoms with Crippen molar-refractivity contribution in [3.05, 3.63) is 40.9 Å². The quantitative estimate of drug-likeness (QED) is 0.867. The van der Waals surface area contributed by atoms with Gasteiger partial charge in [0.25, 0.3) is 5.91 Å². The summed E-state index contributed by atoms with van der Waals surface area (Å²) < 4.78 is 8.01. The Morgan fingerprint density at radius 1 is 1.26 bits per heavy atom. The first-order chi connectivity index (χ1) is 13.1. The number of carbonyl (C=O) groups excluding carboxylic acids is 1. The van der Waals surface area contributed by atoms with E-state index in [-0.39, 0.29) is 5.91 Å². The van der Waals surface area contributed by atoms with E-state index in [1.54, 1.807) is 19.1 Å². The monoisotopic (exact) mass is 389 g/mol. The molecule has 2 aliphatic heterocycles. The molecule has 2 aromatic rings. The maximum absolute atomic E-state index is 12.8. The molecule has 1 atom stereocenters. The summed E-state index contributed by atoms with van der Waals surface area (Å²) in [6.07, 6.45) is 1.24. The Morgan fingerprint density at radius 2 is 2.04 bits per heavy atom. The number of amides is 1. The summed E-state index contributed by atoms with van der Waals surface area (Å²) in [7, 11) is 0. The van der Waals surface area contributed by atoms with Crippen LogP contribution in [0.25, 0.3) is 0 Å². The summed E-state index contributed by atoms with van der Waals surface area (Å²) in [4.78, 5) is 14.6. The van der Waals surface area contributed by atoms with E-state index in [1.165, 1.54) is 0 Å². The maximum atomic E-state index is 12.8. The molecule has 7 nitrogen and oxygen atoms in total. The lowest BCUT2D eigenvalue weighted by Crippen LogP contribution is -2.44. The molecule has 1 aromatic heterocycles. The minimum absolute atomic E-state index is 0.000780. The van der Waals surface area contributed by atoms with Crippen LogP contribution in [-0.2, 0) is 17.9 Å². The van der Waals surface area contributed by atoms with Crippen molar-refractivity contribution in [2.24, 2.45) is 0 Å². The van der Waals surface area contributed by atoms with Gasteiger partial charge in [-0.25, -0.2) is 0 Å². The van der Waals surface area contributed by atoms with Gasteiger partial charge in [0, 0.05) is 32.1 Å². The normalized spacial score (nSPS) is 18.8. The third-order valence-electron chi connectivity index (χ3n) is 5.31. The number of benzene rings is 1. The molecule has 3 heterocycles. The van der Waals surface area contributed by atoms with E-state index < -0.39 is 6.10 Å². The molecule has 1 saturated heterocycles. The lowest BCUT2D eigenvalue weighted by atomic mass is 9.95. The highest BCUT2D eigenvalue weighted by Crippen LogP contribution is 2.29. The predicted molar refractivity (Wildman–Crippen MR) is 102 cm³/mol. The zero-order valence-corrected chi connectivity index (χ0v) is 16.2. The van der Waals surface area contributed by atoms with Gasteiger partial charge in [-0.2, -0.15) is 0 Å². The van der Waals surface area contributed by atoms with Gasteiger partial charge >= 0.3 is 0 Å². The van der Waals surface area contributed by atoms with Crippen molar-refractivity contribution in [2.75, 3.05) is 19.6 Å². The molecule has 0 radical (unpaired) electrons.